The van der Waals surface area contributed by atoms with Gasteiger partial charge in [0.15, 0.2) is 5.82 Å². The van der Waals surface area contributed by atoms with Crippen LogP contribution in [0.15, 0.2) is 115 Å². The summed E-state index contributed by atoms with van der Waals surface area (Å²) in [6.07, 6.45) is 1.01. The van der Waals surface area contributed by atoms with E-state index in [0.717, 1.165) is 29.5 Å². The van der Waals surface area contributed by atoms with Crippen LogP contribution in [0.5, 0.6) is 0 Å². The van der Waals surface area contributed by atoms with Gasteiger partial charge in [0.1, 0.15) is 11.6 Å². The zero-order chi connectivity index (χ0) is 28.8. The lowest BCUT2D eigenvalue weighted by molar-refractivity contribution is 0.722. The molecule has 2 aliphatic rings. The van der Waals surface area contributed by atoms with E-state index in [1.165, 1.54) is 55.6 Å². The van der Waals surface area contributed by atoms with Gasteiger partial charge in [0, 0.05) is 5.56 Å². The fraction of sp³-hybridized carbons (Fsp3) is 0.154. The quantitative estimate of drug-likeness (QED) is 0.208. The molecule has 1 aromatic heterocycles. The SMILES string of the molecule is Cc1cc(C)cc(-c2nc(C)nc(C)n2)c1.c1ccc2c(c1)Cc1ccccc1C21c2ccccc2-c2ccccc21. The highest BCUT2D eigenvalue weighted by Gasteiger charge is 2.49. The molecule has 0 saturated heterocycles. The minimum atomic E-state index is -0.196. The third kappa shape index (κ3) is 4.16. The van der Waals surface area contributed by atoms with E-state index in [2.05, 4.69) is 144 Å². The Morgan fingerprint density at radius 1 is 0.476 bits per heavy atom. The number of aryl methyl sites for hydroxylation is 4. The summed E-state index contributed by atoms with van der Waals surface area (Å²) in [4.78, 5) is 12.9. The molecule has 42 heavy (non-hydrogen) atoms. The molecule has 8 rings (SSSR count). The molecule has 0 N–H and O–H groups in total. The average molecular weight is 544 g/mol. The van der Waals surface area contributed by atoms with Crippen LogP contribution in [0.1, 0.15) is 56.2 Å². The first-order valence-corrected chi connectivity index (χ1v) is 14.6. The van der Waals surface area contributed by atoms with Crippen LogP contribution in [0.3, 0.4) is 0 Å². The Balaban J connectivity index is 0.000000155. The molecule has 2 aliphatic carbocycles. The second kappa shape index (κ2) is 10.2. The molecule has 0 radical (unpaired) electrons. The van der Waals surface area contributed by atoms with Crippen LogP contribution in [0.25, 0.3) is 22.5 Å². The van der Waals surface area contributed by atoms with Gasteiger partial charge < -0.3 is 0 Å². The second-order valence-electron chi connectivity index (χ2n) is 11.5. The fourth-order valence-electron chi connectivity index (χ4n) is 7.09. The second-order valence-corrected chi connectivity index (χ2v) is 11.5. The largest absolute Gasteiger partial charge is 0.219 e. The van der Waals surface area contributed by atoms with Gasteiger partial charge in [0.05, 0.1) is 5.41 Å². The van der Waals surface area contributed by atoms with Crippen molar-refractivity contribution in [3.63, 3.8) is 0 Å². The molecule has 5 aromatic carbocycles. The molecule has 1 heterocycles. The van der Waals surface area contributed by atoms with Gasteiger partial charge in [-0.2, -0.15) is 0 Å². The number of nitrogens with zero attached hydrogens (tertiary/aromatic N) is 3. The van der Waals surface area contributed by atoms with Crippen LogP contribution >= 0.6 is 0 Å². The van der Waals surface area contributed by atoms with Gasteiger partial charge in [-0.3, -0.25) is 0 Å². The van der Waals surface area contributed by atoms with Crippen LogP contribution in [0.4, 0.5) is 0 Å². The summed E-state index contributed by atoms with van der Waals surface area (Å²) < 4.78 is 0. The minimum absolute atomic E-state index is 0.196. The van der Waals surface area contributed by atoms with Crippen molar-refractivity contribution in [1.82, 2.24) is 15.0 Å². The summed E-state index contributed by atoms with van der Waals surface area (Å²) in [6.45, 7) is 7.94. The molecule has 0 amide bonds. The van der Waals surface area contributed by atoms with Crippen molar-refractivity contribution < 1.29 is 0 Å². The van der Waals surface area contributed by atoms with Gasteiger partial charge in [0.25, 0.3) is 0 Å². The molecule has 204 valence electrons. The lowest BCUT2D eigenvalue weighted by Crippen LogP contribution is -2.34. The van der Waals surface area contributed by atoms with Crippen molar-refractivity contribution in [2.45, 2.75) is 39.5 Å². The number of benzene rings is 5. The Morgan fingerprint density at radius 3 is 1.40 bits per heavy atom. The zero-order valence-corrected chi connectivity index (χ0v) is 24.5. The average Bonchev–Trinajstić information content (AvgIpc) is 3.28. The van der Waals surface area contributed by atoms with Crippen LogP contribution in [-0.4, -0.2) is 15.0 Å². The van der Waals surface area contributed by atoms with Gasteiger partial charge in [-0.25, -0.2) is 15.0 Å². The Labute approximate surface area is 248 Å². The van der Waals surface area contributed by atoms with E-state index in [0.29, 0.717) is 0 Å². The Kier molecular flexibility index (Phi) is 6.31. The van der Waals surface area contributed by atoms with Crippen molar-refractivity contribution in [3.05, 3.63) is 171 Å². The molecule has 0 bridgehead atoms. The van der Waals surface area contributed by atoms with Crippen LogP contribution in [0, 0.1) is 27.7 Å². The van der Waals surface area contributed by atoms with Gasteiger partial charge in [-0.1, -0.05) is 114 Å². The smallest absolute Gasteiger partial charge is 0.163 e. The van der Waals surface area contributed by atoms with Crippen LogP contribution in [-0.2, 0) is 11.8 Å². The molecular weight excluding hydrogens is 510 g/mol. The Morgan fingerprint density at radius 2 is 0.905 bits per heavy atom. The van der Waals surface area contributed by atoms with E-state index in [4.69, 9.17) is 0 Å². The predicted octanol–water partition coefficient (Wildman–Crippen LogP) is 8.73. The van der Waals surface area contributed by atoms with Gasteiger partial charge in [0.2, 0.25) is 0 Å². The minimum Gasteiger partial charge on any atom is -0.219 e. The molecule has 0 atom stereocenters. The molecule has 0 fully saturated rings. The highest BCUT2D eigenvalue weighted by atomic mass is 15.0. The summed E-state index contributed by atoms with van der Waals surface area (Å²) in [5.41, 5.74) is 14.7. The number of rotatable bonds is 1. The summed E-state index contributed by atoms with van der Waals surface area (Å²) in [5, 5.41) is 0. The molecule has 0 aliphatic heterocycles. The maximum Gasteiger partial charge on any atom is 0.163 e. The highest BCUT2D eigenvalue weighted by Crippen LogP contribution is 2.58. The Bertz CT molecular complexity index is 1790. The molecule has 0 unspecified atom stereocenters. The highest BCUT2D eigenvalue weighted by molar-refractivity contribution is 5.87. The lowest BCUT2D eigenvalue weighted by atomic mass is 9.61. The van der Waals surface area contributed by atoms with Crippen molar-refractivity contribution in [3.8, 4) is 22.5 Å². The molecule has 3 nitrogen and oxygen atoms in total. The predicted molar refractivity (Wildman–Crippen MR) is 171 cm³/mol. The third-order valence-corrected chi connectivity index (χ3v) is 8.51. The normalized spacial score (nSPS) is 13.3. The van der Waals surface area contributed by atoms with E-state index in [-0.39, 0.29) is 5.41 Å². The summed E-state index contributed by atoms with van der Waals surface area (Å²) in [7, 11) is 0. The van der Waals surface area contributed by atoms with E-state index in [1.54, 1.807) is 0 Å². The van der Waals surface area contributed by atoms with E-state index in [9.17, 15) is 0 Å². The molecule has 1 spiro atoms. The zero-order valence-electron chi connectivity index (χ0n) is 24.5. The number of fused-ring (bicyclic) bond motifs is 9. The molecular formula is C39H33N3. The molecule has 0 saturated carbocycles. The number of aromatic nitrogens is 3. The van der Waals surface area contributed by atoms with Crippen molar-refractivity contribution >= 4 is 0 Å². The monoisotopic (exact) mass is 543 g/mol. The number of hydrogen-bond donors (Lipinski definition) is 0. The van der Waals surface area contributed by atoms with E-state index in [1.807, 2.05) is 13.8 Å². The standard InChI is InChI=1S/C26H18.C13H15N3/c1-5-13-22-18(9-1)17-19-10-2-6-14-23(19)26(22)24-15-7-3-11-20(24)21-12-4-8-16-25(21)26;1-8-5-9(2)7-12(6-8)13-15-10(3)14-11(4)16-13/h1-16H,17H2;5-7H,1-4H3. The van der Waals surface area contributed by atoms with E-state index < -0.39 is 0 Å². The lowest BCUT2D eigenvalue weighted by Gasteiger charge is -2.40. The third-order valence-electron chi connectivity index (χ3n) is 8.51. The first-order chi connectivity index (χ1) is 20.4. The van der Waals surface area contributed by atoms with Gasteiger partial charge in [-0.15, -0.1) is 0 Å². The number of hydrogen-bond acceptors (Lipinski definition) is 3. The van der Waals surface area contributed by atoms with Gasteiger partial charge in [-0.05, 0) is 90.8 Å². The summed E-state index contributed by atoms with van der Waals surface area (Å²) in [5.74, 6) is 2.29. The first kappa shape index (κ1) is 26.0. The van der Waals surface area contributed by atoms with Crippen LogP contribution < -0.4 is 0 Å². The van der Waals surface area contributed by atoms with Gasteiger partial charge >= 0.3 is 0 Å². The van der Waals surface area contributed by atoms with E-state index >= 15 is 0 Å². The summed E-state index contributed by atoms with van der Waals surface area (Å²) >= 11 is 0. The van der Waals surface area contributed by atoms with Crippen molar-refractivity contribution in [1.29, 1.82) is 0 Å². The van der Waals surface area contributed by atoms with Crippen LogP contribution in [0.2, 0.25) is 0 Å². The molecule has 3 heteroatoms. The summed E-state index contributed by atoms with van der Waals surface area (Å²) in [6, 6.07) is 42.3. The molecule has 6 aromatic rings. The topological polar surface area (TPSA) is 38.7 Å². The first-order valence-electron chi connectivity index (χ1n) is 14.6. The fourth-order valence-corrected chi connectivity index (χ4v) is 7.09. The Hall–Kier alpha value is -4.89. The van der Waals surface area contributed by atoms with Crippen molar-refractivity contribution in [2.75, 3.05) is 0 Å². The maximum atomic E-state index is 4.36. The maximum absolute atomic E-state index is 4.36. The van der Waals surface area contributed by atoms with Crippen molar-refractivity contribution in [2.24, 2.45) is 0 Å².